The standard InChI is InChI=1S/C15H9ClN6O/c16-14-7-12(5-4-11(14)8-17)19-15(23)10-2-1-3-13(6-10)22-9-18-20-21-22/h1-7,9H,(H,19,23). The molecule has 3 aromatic rings. The second-order valence-electron chi connectivity index (χ2n) is 4.57. The Labute approximate surface area is 136 Å². The molecule has 112 valence electrons. The highest BCUT2D eigenvalue weighted by molar-refractivity contribution is 6.32. The number of benzene rings is 2. The average Bonchev–Trinajstić information content (AvgIpc) is 3.10. The van der Waals surface area contributed by atoms with Gasteiger partial charge in [-0.2, -0.15) is 5.26 Å². The quantitative estimate of drug-likeness (QED) is 0.798. The van der Waals surface area contributed by atoms with Crippen molar-refractivity contribution in [1.29, 1.82) is 5.26 Å². The number of carbonyl (C=O) groups is 1. The van der Waals surface area contributed by atoms with Gasteiger partial charge in [-0.1, -0.05) is 17.7 Å². The van der Waals surface area contributed by atoms with Gasteiger partial charge in [0.05, 0.1) is 16.3 Å². The molecule has 1 amide bonds. The molecule has 8 heteroatoms. The monoisotopic (exact) mass is 324 g/mol. The molecule has 0 atom stereocenters. The molecule has 1 heterocycles. The Hall–Kier alpha value is -3.24. The summed E-state index contributed by atoms with van der Waals surface area (Å²) in [4.78, 5) is 12.3. The highest BCUT2D eigenvalue weighted by Gasteiger charge is 2.09. The zero-order valence-corrected chi connectivity index (χ0v) is 12.4. The minimum absolute atomic E-state index is 0.285. The number of hydrogen-bond acceptors (Lipinski definition) is 5. The third kappa shape index (κ3) is 3.17. The lowest BCUT2D eigenvalue weighted by Crippen LogP contribution is -2.12. The van der Waals surface area contributed by atoms with Crippen LogP contribution in [0, 0.1) is 11.3 Å². The van der Waals surface area contributed by atoms with E-state index in [0.717, 1.165) is 0 Å². The first-order valence-corrected chi connectivity index (χ1v) is 6.89. The predicted molar refractivity (Wildman–Crippen MR) is 83.3 cm³/mol. The fourth-order valence-electron chi connectivity index (χ4n) is 1.96. The molecular formula is C15H9ClN6O. The first-order chi connectivity index (χ1) is 11.2. The number of nitrogens with one attached hydrogen (secondary N) is 1. The van der Waals surface area contributed by atoms with Crippen LogP contribution < -0.4 is 5.32 Å². The Kier molecular flexibility index (Phi) is 3.99. The van der Waals surface area contributed by atoms with Gasteiger partial charge in [-0.3, -0.25) is 4.79 Å². The summed E-state index contributed by atoms with van der Waals surface area (Å²) in [5.41, 5.74) is 1.97. The van der Waals surface area contributed by atoms with Crippen molar-refractivity contribution in [2.24, 2.45) is 0 Å². The number of aromatic nitrogens is 4. The van der Waals surface area contributed by atoms with Crippen molar-refractivity contribution in [2.45, 2.75) is 0 Å². The first-order valence-electron chi connectivity index (χ1n) is 6.52. The molecule has 23 heavy (non-hydrogen) atoms. The highest BCUT2D eigenvalue weighted by atomic mass is 35.5. The normalized spacial score (nSPS) is 10.1. The largest absolute Gasteiger partial charge is 0.322 e. The van der Waals surface area contributed by atoms with E-state index in [0.29, 0.717) is 22.5 Å². The van der Waals surface area contributed by atoms with E-state index >= 15 is 0 Å². The number of rotatable bonds is 3. The number of anilines is 1. The zero-order chi connectivity index (χ0) is 16.2. The van der Waals surface area contributed by atoms with Crippen LogP contribution in [0.2, 0.25) is 5.02 Å². The Balaban J connectivity index is 1.83. The molecular weight excluding hydrogens is 316 g/mol. The van der Waals surface area contributed by atoms with Gasteiger partial charge in [0.15, 0.2) is 0 Å². The topological polar surface area (TPSA) is 96.5 Å². The fourth-order valence-corrected chi connectivity index (χ4v) is 2.18. The highest BCUT2D eigenvalue weighted by Crippen LogP contribution is 2.21. The van der Waals surface area contributed by atoms with Gasteiger partial charge in [-0.15, -0.1) is 5.10 Å². The molecule has 2 aromatic carbocycles. The maximum absolute atomic E-state index is 12.3. The summed E-state index contributed by atoms with van der Waals surface area (Å²) in [7, 11) is 0. The summed E-state index contributed by atoms with van der Waals surface area (Å²) in [5.74, 6) is -0.305. The average molecular weight is 325 g/mol. The molecule has 0 saturated heterocycles. The molecule has 1 N–H and O–H groups in total. The van der Waals surface area contributed by atoms with Gasteiger partial charge < -0.3 is 5.32 Å². The molecule has 3 rings (SSSR count). The summed E-state index contributed by atoms with van der Waals surface area (Å²) >= 11 is 5.95. The van der Waals surface area contributed by atoms with Crippen LogP contribution in [-0.4, -0.2) is 26.1 Å². The van der Waals surface area contributed by atoms with Gasteiger partial charge in [0.1, 0.15) is 12.4 Å². The number of tetrazole rings is 1. The number of hydrogen-bond donors (Lipinski definition) is 1. The summed E-state index contributed by atoms with van der Waals surface area (Å²) < 4.78 is 1.45. The molecule has 0 aliphatic rings. The van der Waals surface area contributed by atoms with Crippen molar-refractivity contribution < 1.29 is 4.79 Å². The van der Waals surface area contributed by atoms with Crippen LogP contribution in [0.4, 0.5) is 5.69 Å². The minimum Gasteiger partial charge on any atom is -0.322 e. The maximum atomic E-state index is 12.3. The molecule has 0 bridgehead atoms. The Morgan fingerprint density at radius 1 is 1.26 bits per heavy atom. The molecule has 0 spiro atoms. The summed E-state index contributed by atoms with van der Waals surface area (Å²) in [6.45, 7) is 0. The second-order valence-corrected chi connectivity index (χ2v) is 4.97. The van der Waals surface area contributed by atoms with Crippen LogP contribution in [0.3, 0.4) is 0 Å². The molecule has 0 fully saturated rings. The molecule has 1 aromatic heterocycles. The van der Waals surface area contributed by atoms with Gasteiger partial charge >= 0.3 is 0 Å². The second kappa shape index (κ2) is 6.25. The number of amides is 1. The molecule has 0 radical (unpaired) electrons. The van der Waals surface area contributed by atoms with Crippen molar-refractivity contribution in [3.05, 3.63) is 64.9 Å². The first kappa shape index (κ1) is 14.7. The molecule has 7 nitrogen and oxygen atoms in total. The lowest BCUT2D eigenvalue weighted by Gasteiger charge is -2.07. The molecule has 0 aliphatic heterocycles. The van der Waals surface area contributed by atoms with Crippen molar-refractivity contribution in [1.82, 2.24) is 20.2 Å². The number of nitriles is 1. The van der Waals surface area contributed by atoms with E-state index in [9.17, 15) is 4.79 Å². The van der Waals surface area contributed by atoms with Gasteiger partial charge in [0.25, 0.3) is 5.91 Å². The van der Waals surface area contributed by atoms with Crippen LogP contribution in [0.25, 0.3) is 5.69 Å². The smallest absolute Gasteiger partial charge is 0.255 e. The van der Waals surface area contributed by atoms with Crippen molar-refractivity contribution in [3.63, 3.8) is 0 Å². The van der Waals surface area contributed by atoms with Crippen LogP contribution in [0.15, 0.2) is 48.8 Å². The Morgan fingerprint density at radius 2 is 2.13 bits per heavy atom. The fraction of sp³-hybridized carbons (Fsp3) is 0. The summed E-state index contributed by atoms with van der Waals surface area (Å²) in [6, 6.07) is 13.5. The van der Waals surface area contributed by atoms with Crippen molar-refractivity contribution in [2.75, 3.05) is 5.32 Å². The van der Waals surface area contributed by atoms with Crippen LogP contribution in [0.5, 0.6) is 0 Å². The summed E-state index contributed by atoms with van der Waals surface area (Å²) in [6.07, 6.45) is 1.44. The zero-order valence-electron chi connectivity index (χ0n) is 11.6. The van der Waals surface area contributed by atoms with Crippen LogP contribution >= 0.6 is 11.6 Å². The number of carbonyl (C=O) groups excluding carboxylic acids is 1. The Bertz CT molecular complexity index is 901. The van der Waals surface area contributed by atoms with E-state index in [4.69, 9.17) is 16.9 Å². The third-order valence-electron chi connectivity index (χ3n) is 3.07. The Morgan fingerprint density at radius 3 is 2.83 bits per heavy atom. The SMILES string of the molecule is N#Cc1ccc(NC(=O)c2cccc(-n3cnnn3)c2)cc1Cl. The van der Waals surface area contributed by atoms with E-state index in [1.54, 1.807) is 36.4 Å². The van der Waals surface area contributed by atoms with E-state index in [1.165, 1.54) is 17.1 Å². The van der Waals surface area contributed by atoms with Gasteiger partial charge in [0.2, 0.25) is 0 Å². The van der Waals surface area contributed by atoms with Gasteiger partial charge in [-0.05, 0) is 46.8 Å². The number of halogens is 1. The predicted octanol–water partition coefficient (Wildman–Crippen LogP) is 2.44. The maximum Gasteiger partial charge on any atom is 0.255 e. The lowest BCUT2D eigenvalue weighted by atomic mass is 10.1. The molecule has 0 saturated carbocycles. The summed E-state index contributed by atoms with van der Waals surface area (Å²) in [5, 5.41) is 22.8. The van der Waals surface area contributed by atoms with Gasteiger partial charge in [-0.25, -0.2) is 4.68 Å². The van der Waals surface area contributed by atoms with Crippen LogP contribution in [0.1, 0.15) is 15.9 Å². The lowest BCUT2D eigenvalue weighted by molar-refractivity contribution is 0.102. The van der Waals surface area contributed by atoms with E-state index in [2.05, 4.69) is 20.8 Å². The van der Waals surface area contributed by atoms with Crippen molar-refractivity contribution in [3.8, 4) is 11.8 Å². The van der Waals surface area contributed by atoms with Gasteiger partial charge in [0, 0.05) is 11.3 Å². The number of nitrogens with zero attached hydrogens (tertiary/aromatic N) is 5. The van der Waals surface area contributed by atoms with E-state index < -0.39 is 0 Å². The van der Waals surface area contributed by atoms with Crippen LogP contribution in [-0.2, 0) is 0 Å². The third-order valence-corrected chi connectivity index (χ3v) is 3.38. The molecule has 0 aliphatic carbocycles. The minimum atomic E-state index is -0.305. The van der Waals surface area contributed by atoms with E-state index in [1.807, 2.05) is 6.07 Å². The molecule has 0 unspecified atom stereocenters. The van der Waals surface area contributed by atoms with E-state index in [-0.39, 0.29) is 10.9 Å². The van der Waals surface area contributed by atoms with Crippen molar-refractivity contribution >= 4 is 23.2 Å².